The first-order valence-electron chi connectivity index (χ1n) is 4.68. The molecule has 88 valence electrons. The van der Waals surface area contributed by atoms with E-state index >= 15 is 0 Å². The number of hydrogen-bond donors (Lipinski definition) is 1. The third-order valence-electron chi connectivity index (χ3n) is 1.74. The fourth-order valence-corrected chi connectivity index (χ4v) is 1.81. The molecule has 16 heavy (non-hydrogen) atoms. The molecule has 0 aliphatic rings. The van der Waals surface area contributed by atoms with Gasteiger partial charge in [0.1, 0.15) is 5.82 Å². The molecule has 1 aromatic carbocycles. The number of nitrogens with one attached hydrogen (secondary N) is 1. The number of carbonyl (C=O) groups is 1. The maximum Gasteiger partial charge on any atom is 0.253 e. The second kappa shape index (κ2) is 4.87. The molecule has 0 heterocycles. The normalized spacial score (nSPS) is 11.4. The minimum atomic E-state index is -0.419. The molecular weight excluding hydrogens is 343 g/mol. The van der Waals surface area contributed by atoms with E-state index in [2.05, 4.69) is 5.32 Å². The Morgan fingerprint density at radius 1 is 1.44 bits per heavy atom. The summed E-state index contributed by atoms with van der Waals surface area (Å²) >= 11 is 7.64. The van der Waals surface area contributed by atoms with Gasteiger partial charge in [-0.3, -0.25) is 4.79 Å². The van der Waals surface area contributed by atoms with Crippen LogP contribution in [-0.2, 0) is 0 Å². The summed E-state index contributed by atoms with van der Waals surface area (Å²) in [7, 11) is 0. The second-order valence-electron chi connectivity index (χ2n) is 4.45. The maximum absolute atomic E-state index is 13.1. The highest BCUT2D eigenvalue weighted by molar-refractivity contribution is 14.1. The summed E-state index contributed by atoms with van der Waals surface area (Å²) in [6, 6.07) is 2.60. The molecule has 0 aliphatic heterocycles. The molecule has 0 saturated carbocycles. The van der Waals surface area contributed by atoms with Gasteiger partial charge in [-0.2, -0.15) is 0 Å². The van der Waals surface area contributed by atoms with Crippen LogP contribution in [0, 0.1) is 9.39 Å². The summed E-state index contributed by atoms with van der Waals surface area (Å²) in [4.78, 5) is 11.8. The fraction of sp³-hybridized carbons (Fsp3) is 0.364. The largest absolute Gasteiger partial charge is 0.347 e. The van der Waals surface area contributed by atoms with Crippen LogP contribution in [0.3, 0.4) is 0 Å². The summed E-state index contributed by atoms with van der Waals surface area (Å²) < 4.78 is 13.5. The molecule has 1 N–H and O–H groups in total. The smallest absolute Gasteiger partial charge is 0.253 e. The first kappa shape index (κ1) is 13.7. The van der Waals surface area contributed by atoms with Crippen molar-refractivity contribution in [2.24, 2.45) is 0 Å². The lowest BCUT2D eigenvalue weighted by molar-refractivity contribution is 0.0919. The van der Waals surface area contributed by atoms with Crippen molar-refractivity contribution in [3.63, 3.8) is 0 Å². The van der Waals surface area contributed by atoms with Gasteiger partial charge in [-0.05, 0) is 55.5 Å². The van der Waals surface area contributed by atoms with Crippen molar-refractivity contribution >= 4 is 40.1 Å². The molecule has 2 nitrogen and oxygen atoms in total. The molecule has 0 fully saturated rings. The average Bonchev–Trinajstić information content (AvgIpc) is 2.08. The Morgan fingerprint density at radius 2 is 2.00 bits per heavy atom. The zero-order chi connectivity index (χ0) is 12.5. The number of amides is 1. The highest BCUT2D eigenvalue weighted by Gasteiger charge is 2.18. The van der Waals surface area contributed by atoms with Gasteiger partial charge in [0.25, 0.3) is 5.91 Å². The van der Waals surface area contributed by atoms with Crippen molar-refractivity contribution in [3.05, 3.63) is 32.1 Å². The predicted molar refractivity (Wildman–Crippen MR) is 71.3 cm³/mol. The fourth-order valence-electron chi connectivity index (χ4n) is 1.10. The van der Waals surface area contributed by atoms with Crippen LogP contribution >= 0.6 is 34.2 Å². The van der Waals surface area contributed by atoms with Crippen molar-refractivity contribution < 1.29 is 9.18 Å². The van der Waals surface area contributed by atoms with E-state index in [1.807, 2.05) is 43.4 Å². The number of rotatable bonds is 1. The standard InChI is InChI=1S/C11H12ClFINO/c1-11(2,3)15-10(16)6-4-9(14)8(13)5-7(6)12/h4-5H,1-3H3,(H,15,16). The van der Waals surface area contributed by atoms with Crippen molar-refractivity contribution in [2.45, 2.75) is 26.3 Å². The van der Waals surface area contributed by atoms with Gasteiger partial charge in [-0.25, -0.2) is 4.39 Å². The van der Waals surface area contributed by atoms with Crippen molar-refractivity contribution in [1.29, 1.82) is 0 Å². The molecule has 0 unspecified atom stereocenters. The van der Waals surface area contributed by atoms with Gasteiger partial charge >= 0.3 is 0 Å². The molecule has 0 saturated heterocycles. The van der Waals surface area contributed by atoms with Gasteiger partial charge in [0.05, 0.1) is 10.6 Å². The summed E-state index contributed by atoms with van der Waals surface area (Å²) in [5.74, 6) is -0.715. The lowest BCUT2D eigenvalue weighted by Crippen LogP contribution is -2.40. The van der Waals surface area contributed by atoms with Gasteiger partial charge in [0, 0.05) is 9.11 Å². The van der Waals surface area contributed by atoms with Gasteiger partial charge in [0.2, 0.25) is 0 Å². The zero-order valence-corrected chi connectivity index (χ0v) is 12.1. The topological polar surface area (TPSA) is 29.1 Å². The maximum atomic E-state index is 13.1. The van der Waals surface area contributed by atoms with Crippen LogP contribution < -0.4 is 5.32 Å². The molecule has 0 aromatic heterocycles. The lowest BCUT2D eigenvalue weighted by atomic mass is 10.1. The number of halogens is 3. The molecular formula is C11H12ClFINO. The molecule has 0 aliphatic carbocycles. The highest BCUT2D eigenvalue weighted by Crippen LogP contribution is 2.22. The minimum Gasteiger partial charge on any atom is -0.347 e. The van der Waals surface area contributed by atoms with Crippen LogP contribution in [0.25, 0.3) is 0 Å². The molecule has 0 bridgehead atoms. The van der Waals surface area contributed by atoms with E-state index < -0.39 is 5.82 Å². The van der Waals surface area contributed by atoms with E-state index in [4.69, 9.17) is 11.6 Å². The predicted octanol–water partition coefficient (Wildman–Crippen LogP) is 3.61. The molecule has 5 heteroatoms. The Balaban J connectivity index is 3.05. The van der Waals surface area contributed by atoms with E-state index in [1.165, 1.54) is 6.07 Å². The third kappa shape index (κ3) is 3.59. The Kier molecular flexibility index (Phi) is 4.17. The Hall–Kier alpha value is -0.360. The van der Waals surface area contributed by atoms with Crippen LogP contribution in [-0.4, -0.2) is 11.4 Å². The van der Waals surface area contributed by atoms with Crippen molar-refractivity contribution in [1.82, 2.24) is 5.32 Å². The van der Waals surface area contributed by atoms with Crippen molar-refractivity contribution in [3.8, 4) is 0 Å². The van der Waals surface area contributed by atoms with Crippen LogP contribution in [0.5, 0.6) is 0 Å². The van der Waals surface area contributed by atoms with Crippen LogP contribution in [0.2, 0.25) is 5.02 Å². The SMILES string of the molecule is CC(C)(C)NC(=O)c1cc(I)c(F)cc1Cl. The number of benzene rings is 1. The molecule has 0 spiro atoms. The monoisotopic (exact) mass is 355 g/mol. The number of carbonyl (C=O) groups excluding carboxylic acids is 1. The van der Waals surface area contributed by atoms with E-state index in [1.54, 1.807) is 0 Å². The quantitative estimate of drug-likeness (QED) is 0.605. The summed E-state index contributed by atoms with van der Waals surface area (Å²) in [5, 5.41) is 2.90. The molecule has 1 rings (SSSR count). The Labute approximate surface area is 113 Å². The molecule has 0 atom stereocenters. The number of hydrogen-bond acceptors (Lipinski definition) is 1. The summed E-state index contributed by atoms with van der Waals surface area (Å²) in [6.45, 7) is 5.61. The van der Waals surface area contributed by atoms with E-state index in [0.717, 1.165) is 6.07 Å². The summed E-state index contributed by atoms with van der Waals surface area (Å²) in [6.07, 6.45) is 0. The van der Waals surface area contributed by atoms with E-state index in [9.17, 15) is 9.18 Å². The van der Waals surface area contributed by atoms with Gasteiger partial charge in [-0.1, -0.05) is 11.6 Å². The lowest BCUT2D eigenvalue weighted by Gasteiger charge is -2.21. The molecule has 0 radical (unpaired) electrons. The van der Waals surface area contributed by atoms with Crippen molar-refractivity contribution in [2.75, 3.05) is 0 Å². The van der Waals surface area contributed by atoms with Crippen LogP contribution in [0.1, 0.15) is 31.1 Å². The van der Waals surface area contributed by atoms with E-state index in [0.29, 0.717) is 9.13 Å². The minimum absolute atomic E-state index is 0.125. The molecule has 1 amide bonds. The first-order chi connectivity index (χ1) is 7.20. The second-order valence-corrected chi connectivity index (χ2v) is 6.02. The first-order valence-corrected chi connectivity index (χ1v) is 6.13. The van der Waals surface area contributed by atoms with Gasteiger partial charge < -0.3 is 5.32 Å². The van der Waals surface area contributed by atoms with Gasteiger partial charge in [0.15, 0.2) is 0 Å². The highest BCUT2D eigenvalue weighted by atomic mass is 127. The zero-order valence-electron chi connectivity index (χ0n) is 9.20. The summed E-state index contributed by atoms with van der Waals surface area (Å²) in [5.41, 5.74) is -0.0531. The van der Waals surface area contributed by atoms with Crippen LogP contribution in [0.15, 0.2) is 12.1 Å². The van der Waals surface area contributed by atoms with Crippen LogP contribution in [0.4, 0.5) is 4.39 Å². The Morgan fingerprint density at radius 3 is 2.50 bits per heavy atom. The van der Waals surface area contributed by atoms with E-state index in [-0.39, 0.29) is 16.5 Å². The van der Waals surface area contributed by atoms with Gasteiger partial charge in [-0.15, -0.1) is 0 Å². The average molecular weight is 356 g/mol. The Bertz CT molecular complexity index is 429. The third-order valence-corrected chi connectivity index (χ3v) is 2.88. The molecule has 1 aromatic rings.